The lowest BCUT2D eigenvalue weighted by Crippen LogP contribution is -2.10. The van der Waals surface area contributed by atoms with Crippen LogP contribution in [0.15, 0.2) is 73.1 Å². The van der Waals surface area contributed by atoms with Gasteiger partial charge < -0.3 is 9.88 Å². The summed E-state index contributed by atoms with van der Waals surface area (Å²) in [6.45, 7) is 2.49. The highest BCUT2D eigenvalue weighted by atomic mass is 32.1. The average Bonchev–Trinajstić information content (AvgIpc) is 3.60. The molecule has 0 amide bonds. The third kappa shape index (κ3) is 4.02. The molecule has 0 spiro atoms. The van der Waals surface area contributed by atoms with Gasteiger partial charge in [-0.05, 0) is 74.1 Å². The van der Waals surface area contributed by atoms with Crippen molar-refractivity contribution in [1.82, 2.24) is 25.1 Å². The molecular formula is C29H25N5OS. The Morgan fingerprint density at radius 3 is 2.61 bits per heavy atom. The van der Waals surface area contributed by atoms with Gasteiger partial charge in [0.15, 0.2) is 5.78 Å². The van der Waals surface area contributed by atoms with Gasteiger partial charge in [-0.3, -0.25) is 14.9 Å². The number of nitrogens with zero attached hydrogens (tertiary/aromatic N) is 3. The minimum absolute atomic E-state index is 0.0761. The highest BCUT2D eigenvalue weighted by Gasteiger charge is 2.16. The van der Waals surface area contributed by atoms with Gasteiger partial charge in [-0.15, -0.1) is 11.3 Å². The monoisotopic (exact) mass is 491 g/mol. The second kappa shape index (κ2) is 8.86. The molecule has 4 aromatic heterocycles. The second-order valence-electron chi connectivity index (χ2n) is 9.32. The number of carbonyl (C=O) groups excluding carboxylic acids is 1. The van der Waals surface area contributed by atoms with Gasteiger partial charge in [0.1, 0.15) is 5.69 Å². The molecule has 178 valence electrons. The number of aromatic nitrogens is 4. The quantitative estimate of drug-likeness (QED) is 0.252. The van der Waals surface area contributed by atoms with Gasteiger partial charge in [-0.2, -0.15) is 5.10 Å². The van der Waals surface area contributed by atoms with Gasteiger partial charge in [0.2, 0.25) is 0 Å². The van der Waals surface area contributed by atoms with E-state index in [9.17, 15) is 4.79 Å². The van der Waals surface area contributed by atoms with Gasteiger partial charge >= 0.3 is 0 Å². The van der Waals surface area contributed by atoms with E-state index in [1.807, 2.05) is 24.5 Å². The molecule has 0 radical (unpaired) electrons. The van der Waals surface area contributed by atoms with Crippen LogP contribution >= 0.6 is 11.3 Å². The molecule has 0 bridgehead atoms. The van der Waals surface area contributed by atoms with Crippen molar-refractivity contribution in [3.63, 3.8) is 0 Å². The van der Waals surface area contributed by atoms with E-state index in [2.05, 4.69) is 87.7 Å². The predicted molar refractivity (Wildman–Crippen MR) is 147 cm³/mol. The average molecular weight is 492 g/mol. The van der Waals surface area contributed by atoms with Crippen LogP contribution in [0.4, 0.5) is 0 Å². The SMILES string of the molecule is CC(=O)c1ccc(-c2cncc3[nH]c(-c4n[nH]c5ccc(-c6cccc(CN(C)C)c6)cc45)cc23)s1. The van der Waals surface area contributed by atoms with Gasteiger partial charge in [0, 0.05) is 34.0 Å². The Labute approximate surface area is 212 Å². The Balaban J connectivity index is 1.43. The van der Waals surface area contributed by atoms with Crippen LogP contribution in [0.25, 0.3) is 54.8 Å². The summed E-state index contributed by atoms with van der Waals surface area (Å²) < 4.78 is 0. The fourth-order valence-electron chi connectivity index (χ4n) is 4.66. The molecule has 0 unspecified atom stereocenters. The number of aromatic amines is 2. The summed E-state index contributed by atoms with van der Waals surface area (Å²) in [7, 11) is 4.16. The number of thiophene rings is 1. The first kappa shape index (κ1) is 22.4. The van der Waals surface area contributed by atoms with Crippen LogP contribution in [-0.4, -0.2) is 44.9 Å². The van der Waals surface area contributed by atoms with E-state index in [0.29, 0.717) is 0 Å². The number of rotatable bonds is 6. The number of fused-ring (bicyclic) bond motifs is 2. The first-order valence-electron chi connectivity index (χ1n) is 11.8. The highest BCUT2D eigenvalue weighted by Crippen LogP contribution is 2.37. The maximum absolute atomic E-state index is 11.8. The smallest absolute Gasteiger partial charge is 0.169 e. The minimum Gasteiger partial charge on any atom is -0.352 e. The molecule has 36 heavy (non-hydrogen) atoms. The summed E-state index contributed by atoms with van der Waals surface area (Å²) >= 11 is 1.49. The lowest BCUT2D eigenvalue weighted by Gasteiger charge is -2.11. The standard InChI is InChI=1S/C29H25N5OS/c1-17(35)27-9-10-28(36-27)23-14-30-15-26-21(23)13-25(31-26)29-22-12-20(7-8-24(22)32-33-29)19-6-4-5-18(11-19)16-34(2)3/h4-15,31H,16H2,1-3H3,(H,32,33). The summed E-state index contributed by atoms with van der Waals surface area (Å²) in [4.78, 5) is 23.7. The Morgan fingerprint density at radius 1 is 0.944 bits per heavy atom. The topological polar surface area (TPSA) is 77.7 Å². The molecule has 0 aliphatic rings. The van der Waals surface area contributed by atoms with Crippen molar-refractivity contribution in [2.24, 2.45) is 0 Å². The maximum Gasteiger partial charge on any atom is 0.169 e. The Morgan fingerprint density at radius 2 is 1.81 bits per heavy atom. The molecule has 6 nitrogen and oxygen atoms in total. The first-order chi connectivity index (χ1) is 17.5. The molecule has 2 aromatic carbocycles. The molecule has 6 aromatic rings. The number of carbonyl (C=O) groups is 1. The maximum atomic E-state index is 11.8. The minimum atomic E-state index is 0.0761. The van der Waals surface area contributed by atoms with Gasteiger partial charge in [-0.25, -0.2) is 0 Å². The summed E-state index contributed by atoms with van der Waals surface area (Å²) in [5.74, 6) is 0.0761. The van der Waals surface area contributed by atoms with Gasteiger partial charge in [-0.1, -0.05) is 24.3 Å². The van der Waals surface area contributed by atoms with Crippen molar-refractivity contribution < 1.29 is 4.79 Å². The number of H-pyrrole nitrogens is 2. The fraction of sp³-hybridized carbons (Fsp3) is 0.138. The molecule has 0 fully saturated rings. The van der Waals surface area contributed by atoms with E-state index in [1.54, 1.807) is 6.92 Å². The highest BCUT2D eigenvalue weighted by molar-refractivity contribution is 7.17. The van der Waals surface area contributed by atoms with Gasteiger partial charge in [0.05, 0.1) is 27.8 Å². The molecular weight excluding hydrogens is 466 g/mol. The number of ketones is 1. The summed E-state index contributed by atoms with van der Waals surface area (Å²) in [5, 5.41) is 9.95. The summed E-state index contributed by atoms with van der Waals surface area (Å²) in [5.41, 5.74) is 8.34. The number of benzene rings is 2. The number of pyridine rings is 1. The van der Waals surface area contributed by atoms with Crippen molar-refractivity contribution in [3.8, 4) is 33.0 Å². The van der Waals surface area contributed by atoms with Crippen LogP contribution in [0.2, 0.25) is 0 Å². The molecule has 4 heterocycles. The van der Waals surface area contributed by atoms with Crippen molar-refractivity contribution in [2.45, 2.75) is 13.5 Å². The van der Waals surface area contributed by atoms with Crippen molar-refractivity contribution in [3.05, 3.63) is 83.5 Å². The van der Waals surface area contributed by atoms with Crippen molar-refractivity contribution in [1.29, 1.82) is 0 Å². The van der Waals surface area contributed by atoms with Crippen LogP contribution in [0.1, 0.15) is 22.2 Å². The van der Waals surface area contributed by atoms with E-state index >= 15 is 0 Å². The van der Waals surface area contributed by atoms with Crippen LogP contribution in [0.3, 0.4) is 0 Å². The van der Waals surface area contributed by atoms with Crippen LogP contribution in [0.5, 0.6) is 0 Å². The van der Waals surface area contributed by atoms with Gasteiger partial charge in [0.25, 0.3) is 0 Å². The molecule has 7 heteroatoms. The lowest BCUT2D eigenvalue weighted by molar-refractivity contribution is 0.102. The first-order valence-corrected chi connectivity index (χ1v) is 12.6. The zero-order valence-corrected chi connectivity index (χ0v) is 21.1. The number of nitrogens with one attached hydrogen (secondary N) is 2. The van der Waals surface area contributed by atoms with E-state index < -0.39 is 0 Å². The van der Waals surface area contributed by atoms with Crippen molar-refractivity contribution >= 4 is 38.9 Å². The zero-order valence-electron chi connectivity index (χ0n) is 20.3. The van der Waals surface area contributed by atoms with E-state index in [0.717, 1.165) is 60.6 Å². The molecule has 0 saturated heterocycles. The van der Waals surface area contributed by atoms with Crippen molar-refractivity contribution in [2.75, 3.05) is 14.1 Å². The van der Waals surface area contributed by atoms with Crippen LogP contribution < -0.4 is 0 Å². The summed E-state index contributed by atoms with van der Waals surface area (Å²) in [6.07, 6.45) is 3.69. The zero-order chi connectivity index (χ0) is 24.8. The van der Waals surface area contributed by atoms with Crippen LogP contribution in [-0.2, 0) is 6.54 Å². The molecule has 0 aliphatic carbocycles. The van der Waals surface area contributed by atoms with E-state index in [4.69, 9.17) is 0 Å². The Hall–Kier alpha value is -4.07. The fourth-order valence-corrected chi connectivity index (χ4v) is 5.59. The second-order valence-corrected chi connectivity index (χ2v) is 10.4. The van der Waals surface area contributed by atoms with Crippen LogP contribution in [0, 0.1) is 0 Å². The third-order valence-corrected chi connectivity index (χ3v) is 7.56. The largest absolute Gasteiger partial charge is 0.352 e. The van der Waals surface area contributed by atoms with E-state index in [-0.39, 0.29) is 5.78 Å². The Bertz CT molecular complexity index is 1740. The number of hydrogen-bond donors (Lipinski definition) is 2. The number of hydrogen-bond acceptors (Lipinski definition) is 5. The molecule has 0 aliphatic heterocycles. The lowest BCUT2D eigenvalue weighted by atomic mass is 10.0. The molecule has 0 atom stereocenters. The summed E-state index contributed by atoms with van der Waals surface area (Å²) in [6, 6.07) is 21.1. The normalized spacial score (nSPS) is 11.7. The molecule has 0 saturated carbocycles. The Kier molecular flexibility index (Phi) is 5.51. The predicted octanol–water partition coefficient (Wildman–Crippen LogP) is 6.77. The number of Topliss-reactive ketones (excluding diaryl/α,β-unsaturated/α-hetero) is 1. The molecule has 6 rings (SSSR count). The molecule has 2 N–H and O–H groups in total. The third-order valence-electron chi connectivity index (χ3n) is 6.34. The van der Waals surface area contributed by atoms with E-state index in [1.165, 1.54) is 22.5 Å².